The van der Waals surface area contributed by atoms with Gasteiger partial charge in [0.2, 0.25) is 5.91 Å². The molecule has 3 rings (SSSR count). The number of anilines is 1. The van der Waals surface area contributed by atoms with E-state index in [-0.39, 0.29) is 11.8 Å². The van der Waals surface area contributed by atoms with Crippen LogP contribution >= 0.6 is 12.2 Å². The molecule has 7 heteroatoms. The third-order valence-corrected chi connectivity index (χ3v) is 5.29. The number of thiocarbonyl (C=S) groups is 1. The number of aryl methyl sites for hydroxylation is 1. The molecule has 0 radical (unpaired) electrons. The summed E-state index contributed by atoms with van der Waals surface area (Å²) in [4.78, 5) is 25.9. The van der Waals surface area contributed by atoms with Gasteiger partial charge >= 0.3 is 0 Å². The number of nitrogens with one attached hydrogen (secondary N) is 3. The summed E-state index contributed by atoms with van der Waals surface area (Å²) >= 11 is 5.24. The highest BCUT2D eigenvalue weighted by Gasteiger charge is 2.20. The minimum atomic E-state index is -0.280. The van der Waals surface area contributed by atoms with Crippen molar-refractivity contribution in [3.05, 3.63) is 65.2 Å². The number of likely N-dealkylation sites (tertiary alicyclic amines) is 1. The minimum absolute atomic E-state index is 0.192. The van der Waals surface area contributed by atoms with Crippen molar-refractivity contribution in [2.24, 2.45) is 0 Å². The summed E-state index contributed by atoms with van der Waals surface area (Å²) < 4.78 is 0. The van der Waals surface area contributed by atoms with Crippen LogP contribution in [-0.4, -0.2) is 28.4 Å². The van der Waals surface area contributed by atoms with Crippen LogP contribution in [0.5, 0.6) is 0 Å². The molecule has 2 aromatic carbocycles. The zero-order valence-corrected chi connectivity index (χ0v) is 18.1. The van der Waals surface area contributed by atoms with Gasteiger partial charge in [-0.05, 0) is 66.9 Å². The molecule has 30 heavy (non-hydrogen) atoms. The van der Waals surface area contributed by atoms with Crippen LogP contribution in [0.4, 0.5) is 5.69 Å². The highest BCUT2D eigenvalue weighted by Crippen LogP contribution is 2.15. The van der Waals surface area contributed by atoms with E-state index in [0.29, 0.717) is 23.6 Å². The van der Waals surface area contributed by atoms with Crippen LogP contribution < -0.4 is 16.2 Å². The SMILES string of the molecule is CCCCc1ccc(NC(=S)NNC(=O)c2ccc(CN3CCCC3=O)cc2)cc1. The minimum Gasteiger partial charge on any atom is -0.338 e. The lowest BCUT2D eigenvalue weighted by molar-refractivity contribution is -0.128. The van der Waals surface area contributed by atoms with E-state index >= 15 is 0 Å². The maximum atomic E-state index is 12.3. The fourth-order valence-corrected chi connectivity index (χ4v) is 3.51. The van der Waals surface area contributed by atoms with Gasteiger partial charge in [-0.1, -0.05) is 37.6 Å². The summed E-state index contributed by atoms with van der Waals surface area (Å²) in [6, 6.07) is 15.4. The number of hydrogen-bond acceptors (Lipinski definition) is 3. The molecule has 0 aliphatic carbocycles. The van der Waals surface area contributed by atoms with E-state index in [2.05, 4.69) is 35.2 Å². The number of rotatable bonds is 7. The highest BCUT2D eigenvalue weighted by atomic mass is 32.1. The molecule has 3 N–H and O–H groups in total. The quantitative estimate of drug-likeness (QED) is 0.466. The Kier molecular flexibility index (Phi) is 7.79. The number of carbonyl (C=O) groups is 2. The first-order valence-electron chi connectivity index (χ1n) is 10.4. The summed E-state index contributed by atoms with van der Waals surface area (Å²) in [6.45, 7) is 3.57. The molecule has 0 bridgehead atoms. The van der Waals surface area contributed by atoms with Crippen molar-refractivity contribution in [3.8, 4) is 0 Å². The second-order valence-electron chi connectivity index (χ2n) is 7.45. The van der Waals surface area contributed by atoms with Crippen LogP contribution in [0.3, 0.4) is 0 Å². The third kappa shape index (κ3) is 6.29. The molecule has 1 aliphatic heterocycles. The zero-order valence-electron chi connectivity index (χ0n) is 17.2. The van der Waals surface area contributed by atoms with Crippen molar-refractivity contribution in [3.63, 3.8) is 0 Å². The molecule has 1 heterocycles. The van der Waals surface area contributed by atoms with Gasteiger partial charge in [0.15, 0.2) is 5.11 Å². The molecule has 2 aromatic rings. The number of hydrazine groups is 1. The topological polar surface area (TPSA) is 73.5 Å². The molecule has 0 spiro atoms. The lowest BCUT2D eigenvalue weighted by Gasteiger charge is -2.15. The van der Waals surface area contributed by atoms with Gasteiger partial charge in [0.25, 0.3) is 5.91 Å². The van der Waals surface area contributed by atoms with Gasteiger partial charge < -0.3 is 10.2 Å². The van der Waals surface area contributed by atoms with Crippen LogP contribution in [0, 0.1) is 0 Å². The van der Waals surface area contributed by atoms with E-state index < -0.39 is 0 Å². The van der Waals surface area contributed by atoms with Gasteiger partial charge in [-0.3, -0.25) is 20.4 Å². The Morgan fingerprint density at radius 2 is 1.73 bits per heavy atom. The lowest BCUT2D eigenvalue weighted by atomic mass is 10.1. The van der Waals surface area contributed by atoms with Crippen LogP contribution in [0.2, 0.25) is 0 Å². The first-order valence-corrected chi connectivity index (χ1v) is 10.8. The van der Waals surface area contributed by atoms with Crippen molar-refractivity contribution in [1.82, 2.24) is 15.8 Å². The molecule has 0 atom stereocenters. The van der Waals surface area contributed by atoms with E-state index in [9.17, 15) is 9.59 Å². The Balaban J connectivity index is 1.44. The summed E-state index contributed by atoms with van der Waals surface area (Å²) in [5.74, 6) is -0.0875. The molecule has 1 fully saturated rings. The van der Waals surface area contributed by atoms with Crippen molar-refractivity contribution in [2.45, 2.75) is 45.6 Å². The standard InChI is InChI=1S/C23H28N4O2S/c1-2-3-5-17-9-13-20(14-10-17)24-23(30)26-25-22(29)19-11-7-18(8-12-19)16-27-15-4-6-21(27)28/h7-14H,2-6,15-16H2,1H3,(H,25,29)(H2,24,26,30). The first kappa shape index (κ1) is 21.8. The van der Waals surface area contributed by atoms with Gasteiger partial charge in [0.1, 0.15) is 0 Å². The fraction of sp³-hybridized carbons (Fsp3) is 0.348. The molecular formula is C23H28N4O2S. The molecule has 0 aromatic heterocycles. The van der Waals surface area contributed by atoms with E-state index in [1.165, 1.54) is 18.4 Å². The number of carbonyl (C=O) groups excluding carboxylic acids is 2. The van der Waals surface area contributed by atoms with E-state index in [4.69, 9.17) is 12.2 Å². The maximum absolute atomic E-state index is 12.3. The fourth-order valence-electron chi connectivity index (χ4n) is 3.34. The van der Waals surface area contributed by atoms with Gasteiger partial charge in [0, 0.05) is 30.8 Å². The lowest BCUT2D eigenvalue weighted by Crippen LogP contribution is -2.43. The Hall–Kier alpha value is -2.93. The second-order valence-corrected chi connectivity index (χ2v) is 7.86. The second kappa shape index (κ2) is 10.7. The summed E-state index contributed by atoms with van der Waals surface area (Å²) in [5, 5.41) is 3.37. The van der Waals surface area contributed by atoms with E-state index in [1.807, 2.05) is 29.2 Å². The average molecular weight is 425 g/mol. The van der Waals surface area contributed by atoms with Crippen LogP contribution in [0.25, 0.3) is 0 Å². The number of benzene rings is 2. The highest BCUT2D eigenvalue weighted by molar-refractivity contribution is 7.80. The van der Waals surface area contributed by atoms with Gasteiger partial charge in [-0.25, -0.2) is 0 Å². The first-order chi connectivity index (χ1) is 14.5. The Morgan fingerprint density at radius 1 is 1.03 bits per heavy atom. The van der Waals surface area contributed by atoms with Crippen LogP contribution in [0.15, 0.2) is 48.5 Å². The maximum Gasteiger partial charge on any atom is 0.269 e. The largest absolute Gasteiger partial charge is 0.338 e. The molecule has 1 saturated heterocycles. The van der Waals surface area contributed by atoms with Crippen LogP contribution in [0.1, 0.15) is 54.1 Å². The smallest absolute Gasteiger partial charge is 0.269 e. The predicted octanol–water partition coefficient (Wildman–Crippen LogP) is 3.78. The average Bonchev–Trinajstić information content (AvgIpc) is 3.16. The normalized spacial score (nSPS) is 13.2. The molecule has 2 amide bonds. The van der Waals surface area contributed by atoms with Gasteiger partial charge in [0.05, 0.1) is 0 Å². The Labute approximate surface area is 183 Å². The van der Waals surface area contributed by atoms with Crippen molar-refractivity contribution >= 4 is 34.8 Å². The third-order valence-electron chi connectivity index (χ3n) is 5.08. The molecule has 1 aliphatic rings. The van der Waals surface area contributed by atoms with Crippen molar-refractivity contribution in [2.75, 3.05) is 11.9 Å². The predicted molar refractivity (Wildman–Crippen MR) is 123 cm³/mol. The Morgan fingerprint density at radius 3 is 2.37 bits per heavy atom. The molecule has 0 saturated carbocycles. The zero-order chi connectivity index (χ0) is 21.3. The summed E-state index contributed by atoms with van der Waals surface area (Å²) in [7, 11) is 0. The molecule has 6 nitrogen and oxygen atoms in total. The molecule has 158 valence electrons. The number of unbranched alkanes of at least 4 members (excludes halogenated alkanes) is 1. The summed E-state index contributed by atoms with van der Waals surface area (Å²) in [5.41, 5.74) is 9.01. The van der Waals surface area contributed by atoms with Crippen molar-refractivity contribution < 1.29 is 9.59 Å². The number of nitrogens with zero attached hydrogens (tertiary/aromatic N) is 1. The number of amides is 2. The summed E-state index contributed by atoms with van der Waals surface area (Å²) in [6.07, 6.45) is 4.97. The van der Waals surface area contributed by atoms with Crippen molar-refractivity contribution in [1.29, 1.82) is 0 Å². The van der Waals surface area contributed by atoms with E-state index in [1.54, 1.807) is 12.1 Å². The van der Waals surface area contributed by atoms with Gasteiger partial charge in [-0.15, -0.1) is 0 Å². The molecular weight excluding hydrogens is 396 g/mol. The Bertz CT molecular complexity index is 881. The van der Waals surface area contributed by atoms with Crippen LogP contribution in [-0.2, 0) is 17.8 Å². The number of hydrogen-bond donors (Lipinski definition) is 3. The monoisotopic (exact) mass is 424 g/mol. The van der Waals surface area contributed by atoms with E-state index in [0.717, 1.165) is 30.6 Å². The van der Waals surface area contributed by atoms with Gasteiger partial charge in [-0.2, -0.15) is 0 Å². The molecule has 0 unspecified atom stereocenters.